The number of quaternary nitrogens is 1. The molecule has 3 aromatic rings. The fraction of sp³-hybridized carbons (Fsp3) is 0.548. The van der Waals surface area contributed by atoms with Crippen LogP contribution in [0.5, 0.6) is 11.5 Å². The van der Waals surface area contributed by atoms with Gasteiger partial charge < -0.3 is 49.4 Å². The molecule has 53 heavy (non-hydrogen) atoms. The number of hydrogen-bond donors (Lipinski definition) is 5. The molecule has 5 aliphatic rings. The minimum absolute atomic E-state index is 0.0567. The Balaban J connectivity index is 0.796. The Kier molecular flexibility index (Phi) is 12.3. The molecule has 11 nitrogen and oxygen atoms in total. The summed E-state index contributed by atoms with van der Waals surface area (Å²) in [6.07, 6.45) is 6.11. The number of aromatic hydroxyl groups is 1. The first-order chi connectivity index (χ1) is 25.8. The minimum Gasteiger partial charge on any atom is -0.508 e. The van der Waals surface area contributed by atoms with Crippen LogP contribution in [0.2, 0.25) is 0 Å². The maximum absolute atomic E-state index is 12.0. The lowest BCUT2D eigenvalue weighted by Crippen LogP contribution is -2.65. The topological polar surface area (TPSA) is 139 Å². The predicted molar refractivity (Wildman–Crippen MR) is 200 cm³/mol. The molecule has 0 radical (unpaired) electrons. The smallest absolute Gasteiger partial charge is 0.262 e. The van der Waals surface area contributed by atoms with E-state index in [0.29, 0.717) is 62.5 Å². The Morgan fingerprint density at radius 1 is 0.943 bits per heavy atom. The van der Waals surface area contributed by atoms with E-state index in [9.17, 15) is 20.1 Å². The van der Waals surface area contributed by atoms with E-state index in [1.165, 1.54) is 50.9 Å². The van der Waals surface area contributed by atoms with Crippen LogP contribution in [0.15, 0.2) is 66.7 Å². The van der Waals surface area contributed by atoms with Crippen molar-refractivity contribution in [2.45, 2.75) is 69.5 Å². The van der Waals surface area contributed by atoms with Crippen LogP contribution in [0, 0.1) is 11.8 Å². The van der Waals surface area contributed by atoms with Gasteiger partial charge in [0.25, 0.3) is 5.91 Å². The van der Waals surface area contributed by atoms with Gasteiger partial charge in [0, 0.05) is 43.5 Å². The van der Waals surface area contributed by atoms with Crippen LogP contribution in [0.25, 0.3) is 0 Å². The highest BCUT2D eigenvalue weighted by molar-refractivity contribution is 5.96. The summed E-state index contributed by atoms with van der Waals surface area (Å²) in [6, 6.07) is 21.4. The number of aliphatic hydroxyl groups excluding tert-OH is 1. The van der Waals surface area contributed by atoms with E-state index < -0.39 is 11.7 Å². The standard InChI is InChI=1S/C42H55N3O8/c46-35-22-36(41-37(23-35)44-40(48)28-52-41)38(47)24-43-16-20-50-26-30-10-12-31(13-11-30)27-51-21-19-45-17-14-32(15-18-45)39(25-45)53-29-42(49,34-8-4-5-9-34)33-6-2-1-3-7-33/h1-3,6-7,10-13,22-23,32,34,38-39,43,47,49H,4-5,8-9,14-21,24-29H2,(H-,44,46,48)/p+1/t32?,38-,39-,42+,45?/m1/s1. The number of rotatable bonds is 18. The van der Waals surface area contributed by atoms with Crippen LogP contribution in [0.1, 0.15) is 66.9 Å². The number of phenolic OH excluding ortho intramolecular Hbond substituents is 1. The van der Waals surface area contributed by atoms with Gasteiger partial charge >= 0.3 is 0 Å². The number of ether oxygens (including phenoxy) is 4. The van der Waals surface area contributed by atoms with Crippen molar-refractivity contribution < 1.29 is 43.5 Å². The third-order valence-electron chi connectivity index (χ3n) is 12.0. The Labute approximate surface area is 312 Å². The fourth-order valence-electron chi connectivity index (χ4n) is 8.85. The van der Waals surface area contributed by atoms with Gasteiger partial charge in [0.1, 0.15) is 36.3 Å². The van der Waals surface area contributed by atoms with Crippen LogP contribution in [-0.2, 0) is 37.8 Å². The number of carbonyl (C=O) groups is 1. The minimum atomic E-state index is -0.929. The summed E-state index contributed by atoms with van der Waals surface area (Å²) in [5, 5.41) is 38.5. The number of carbonyl (C=O) groups excluding carboxylic acids is 1. The van der Waals surface area contributed by atoms with E-state index in [4.69, 9.17) is 18.9 Å². The van der Waals surface area contributed by atoms with Gasteiger partial charge in [0.2, 0.25) is 0 Å². The van der Waals surface area contributed by atoms with Crippen LogP contribution >= 0.6 is 0 Å². The van der Waals surface area contributed by atoms with Crippen molar-refractivity contribution in [1.82, 2.24) is 5.32 Å². The number of hydrogen-bond acceptors (Lipinski definition) is 9. The Hall–Kier alpha value is -3.55. The first-order valence-corrected chi connectivity index (χ1v) is 19.5. The second kappa shape index (κ2) is 17.3. The molecule has 4 heterocycles. The number of anilines is 1. The van der Waals surface area contributed by atoms with Crippen molar-refractivity contribution in [2.24, 2.45) is 11.8 Å². The van der Waals surface area contributed by atoms with Crippen molar-refractivity contribution >= 4 is 11.6 Å². The Morgan fingerprint density at radius 2 is 1.64 bits per heavy atom. The zero-order chi connectivity index (χ0) is 36.7. The maximum Gasteiger partial charge on any atom is 0.262 e. The molecule has 0 unspecified atom stereocenters. The lowest BCUT2D eigenvalue weighted by molar-refractivity contribution is -0.946. The summed E-state index contributed by atoms with van der Waals surface area (Å²) in [7, 11) is 0. The van der Waals surface area contributed by atoms with Gasteiger partial charge in [-0.05, 0) is 41.5 Å². The zero-order valence-corrected chi connectivity index (χ0v) is 30.7. The second-order valence-electron chi connectivity index (χ2n) is 15.5. The molecule has 3 saturated heterocycles. The SMILES string of the molecule is O=C1COc2c(cc(O)cc2[C@H](O)CNCCOCc2ccc(COCC[N+]34CCC(CC3)[C@H](OC[C@](O)(c3ccccc3)C3CCCC3)C4)cc2)N1. The van der Waals surface area contributed by atoms with E-state index in [1.807, 2.05) is 18.2 Å². The average Bonchev–Trinajstić information content (AvgIpc) is 3.74. The molecule has 1 amide bonds. The van der Waals surface area contributed by atoms with E-state index in [1.54, 1.807) is 0 Å². The lowest BCUT2D eigenvalue weighted by Gasteiger charge is -2.52. The van der Waals surface area contributed by atoms with Crippen molar-refractivity contribution in [3.63, 3.8) is 0 Å². The highest BCUT2D eigenvalue weighted by atomic mass is 16.5. The largest absolute Gasteiger partial charge is 0.508 e. The number of benzene rings is 3. The summed E-state index contributed by atoms with van der Waals surface area (Å²) in [5.74, 6) is 0.852. The van der Waals surface area contributed by atoms with Gasteiger partial charge in [0.15, 0.2) is 6.61 Å². The molecule has 2 bridgehead atoms. The molecule has 5 N–H and O–H groups in total. The number of nitrogens with one attached hydrogen (secondary N) is 2. The fourth-order valence-corrected chi connectivity index (χ4v) is 8.85. The molecular formula is C42H56N3O8+. The molecule has 11 heteroatoms. The van der Waals surface area contributed by atoms with E-state index in [-0.39, 0.29) is 36.8 Å². The summed E-state index contributed by atoms with van der Waals surface area (Å²) in [4.78, 5) is 11.6. The average molecular weight is 731 g/mol. The molecule has 286 valence electrons. The first kappa shape index (κ1) is 37.8. The molecular weight excluding hydrogens is 674 g/mol. The van der Waals surface area contributed by atoms with E-state index in [0.717, 1.165) is 47.1 Å². The molecule has 0 spiro atoms. The summed E-state index contributed by atoms with van der Waals surface area (Å²) in [5.41, 5.74) is 3.05. The van der Waals surface area contributed by atoms with Gasteiger partial charge in [-0.3, -0.25) is 4.79 Å². The molecule has 0 aromatic heterocycles. The summed E-state index contributed by atoms with van der Waals surface area (Å²) >= 11 is 0. The Morgan fingerprint density at radius 3 is 2.36 bits per heavy atom. The predicted octanol–water partition coefficient (Wildman–Crippen LogP) is 4.78. The molecule has 8 rings (SSSR count). The third kappa shape index (κ3) is 9.23. The van der Waals surface area contributed by atoms with Gasteiger partial charge in [-0.15, -0.1) is 0 Å². The molecule has 3 aromatic carbocycles. The number of fused-ring (bicyclic) bond motifs is 4. The van der Waals surface area contributed by atoms with Gasteiger partial charge in [0.05, 0.1) is 57.9 Å². The molecule has 1 aliphatic carbocycles. The second-order valence-corrected chi connectivity index (χ2v) is 15.5. The van der Waals surface area contributed by atoms with Crippen LogP contribution in [0.3, 0.4) is 0 Å². The van der Waals surface area contributed by atoms with Gasteiger partial charge in [-0.1, -0.05) is 67.4 Å². The van der Waals surface area contributed by atoms with Crippen molar-refractivity contribution in [3.8, 4) is 11.5 Å². The number of piperidine rings is 3. The molecule has 3 atom stereocenters. The van der Waals surface area contributed by atoms with Crippen molar-refractivity contribution in [2.75, 3.05) is 71.0 Å². The van der Waals surface area contributed by atoms with E-state index >= 15 is 0 Å². The maximum atomic E-state index is 12.0. The number of nitrogens with zero attached hydrogens (tertiary/aromatic N) is 1. The summed E-state index contributed by atoms with van der Waals surface area (Å²) in [6.45, 7) is 7.58. The molecule has 1 saturated carbocycles. The highest BCUT2D eigenvalue weighted by Gasteiger charge is 2.48. The van der Waals surface area contributed by atoms with E-state index in [2.05, 4.69) is 47.0 Å². The van der Waals surface area contributed by atoms with Crippen LogP contribution in [0.4, 0.5) is 5.69 Å². The normalized spacial score (nSPS) is 24.3. The van der Waals surface area contributed by atoms with Gasteiger partial charge in [-0.25, -0.2) is 0 Å². The number of amides is 1. The molecule has 4 aliphatic heterocycles. The van der Waals surface area contributed by atoms with Crippen molar-refractivity contribution in [3.05, 3.63) is 89.0 Å². The molecule has 4 fully saturated rings. The van der Waals surface area contributed by atoms with Crippen LogP contribution < -0.4 is 15.4 Å². The van der Waals surface area contributed by atoms with Crippen molar-refractivity contribution in [1.29, 1.82) is 0 Å². The lowest BCUT2D eigenvalue weighted by atomic mass is 9.80. The first-order valence-electron chi connectivity index (χ1n) is 19.5. The third-order valence-corrected chi connectivity index (χ3v) is 12.0. The zero-order valence-electron chi connectivity index (χ0n) is 30.7. The monoisotopic (exact) mass is 730 g/mol. The quantitative estimate of drug-likeness (QED) is 0.0925. The Bertz CT molecular complexity index is 1640. The highest BCUT2D eigenvalue weighted by Crippen LogP contribution is 2.43. The summed E-state index contributed by atoms with van der Waals surface area (Å²) < 4.78 is 25.3. The number of phenols is 1. The van der Waals surface area contributed by atoms with Crippen LogP contribution in [-0.4, -0.2) is 97.5 Å². The number of aliphatic hydroxyl groups is 2. The van der Waals surface area contributed by atoms with Gasteiger partial charge in [-0.2, -0.15) is 0 Å².